The molecule has 114 valence electrons. The van der Waals surface area contributed by atoms with Gasteiger partial charge in [0.1, 0.15) is 0 Å². The average Bonchev–Trinajstić information content (AvgIpc) is 3.01. The molecule has 0 amide bonds. The van der Waals surface area contributed by atoms with Gasteiger partial charge in [0.25, 0.3) is 0 Å². The highest BCUT2D eigenvalue weighted by Crippen LogP contribution is 2.27. The van der Waals surface area contributed by atoms with Gasteiger partial charge >= 0.3 is 0 Å². The third kappa shape index (κ3) is 3.77. The zero-order valence-corrected chi connectivity index (χ0v) is 13.5. The normalized spacial score (nSPS) is 18.8. The van der Waals surface area contributed by atoms with Gasteiger partial charge in [-0.25, -0.2) is 8.42 Å². The van der Waals surface area contributed by atoms with E-state index in [-0.39, 0.29) is 10.9 Å². The number of sulfonamides is 1. The van der Waals surface area contributed by atoms with Crippen molar-refractivity contribution in [1.29, 1.82) is 5.26 Å². The van der Waals surface area contributed by atoms with Crippen molar-refractivity contribution >= 4 is 21.8 Å². The van der Waals surface area contributed by atoms with Gasteiger partial charge in [-0.2, -0.15) is 21.3 Å². The molecule has 1 heterocycles. The molecule has 0 radical (unpaired) electrons. The second-order valence-corrected chi connectivity index (χ2v) is 7.80. The van der Waals surface area contributed by atoms with E-state index >= 15 is 0 Å². The van der Waals surface area contributed by atoms with Crippen molar-refractivity contribution in [3.8, 4) is 6.07 Å². The van der Waals surface area contributed by atoms with Crippen LogP contribution in [0.25, 0.3) is 0 Å². The molecule has 1 aliphatic heterocycles. The number of nitriles is 1. The highest BCUT2D eigenvalue weighted by molar-refractivity contribution is 7.99. The molecule has 0 saturated carbocycles. The lowest BCUT2D eigenvalue weighted by molar-refractivity contribution is 0.169. The van der Waals surface area contributed by atoms with E-state index in [1.807, 2.05) is 6.07 Å². The van der Waals surface area contributed by atoms with Crippen molar-refractivity contribution < 1.29 is 13.2 Å². The Balaban J connectivity index is 2.28. The molecular formula is C14H18N2O3S2. The van der Waals surface area contributed by atoms with Gasteiger partial charge in [-0.3, -0.25) is 0 Å². The summed E-state index contributed by atoms with van der Waals surface area (Å²) in [6.07, 6.45) is 0.865. The summed E-state index contributed by atoms with van der Waals surface area (Å²) < 4.78 is 32.2. The van der Waals surface area contributed by atoms with Crippen molar-refractivity contribution in [2.75, 3.05) is 31.8 Å². The maximum atomic E-state index is 12.8. The van der Waals surface area contributed by atoms with E-state index < -0.39 is 10.0 Å². The number of rotatable bonds is 6. The number of thioether (sulfide) groups is 1. The second kappa shape index (κ2) is 7.27. The minimum atomic E-state index is -3.55. The van der Waals surface area contributed by atoms with Crippen LogP contribution >= 0.6 is 11.8 Å². The molecule has 1 aromatic carbocycles. The van der Waals surface area contributed by atoms with Crippen molar-refractivity contribution in [2.24, 2.45) is 0 Å². The molecule has 0 aliphatic carbocycles. The molecular weight excluding hydrogens is 308 g/mol. The van der Waals surface area contributed by atoms with Crippen LogP contribution in [-0.4, -0.2) is 50.5 Å². The summed E-state index contributed by atoms with van der Waals surface area (Å²) in [5, 5.41) is 8.80. The smallest absolute Gasteiger partial charge is 0.243 e. The summed E-state index contributed by atoms with van der Waals surface area (Å²) in [7, 11) is -1.99. The number of hydrogen-bond acceptors (Lipinski definition) is 5. The number of ether oxygens (including phenoxy) is 1. The van der Waals surface area contributed by atoms with Crippen LogP contribution in [0, 0.1) is 11.3 Å². The molecule has 0 N–H and O–H groups in total. The first-order chi connectivity index (χ1) is 10.1. The molecule has 0 bridgehead atoms. The predicted molar refractivity (Wildman–Crippen MR) is 82.7 cm³/mol. The first-order valence-corrected chi connectivity index (χ1v) is 9.27. The summed E-state index contributed by atoms with van der Waals surface area (Å²) in [5.41, 5.74) is 0.453. The van der Waals surface area contributed by atoms with E-state index in [9.17, 15) is 8.42 Å². The summed E-state index contributed by atoms with van der Waals surface area (Å²) in [5.74, 6) is 1.80. The van der Waals surface area contributed by atoms with Crippen LogP contribution in [0.1, 0.15) is 12.0 Å². The lowest BCUT2D eigenvalue weighted by Gasteiger charge is -2.27. The van der Waals surface area contributed by atoms with Gasteiger partial charge in [-0.1, -0.05) is 0 Å². The number of hydrogen-bond donors (Lipinski definition) is 0. The summed E-state index contributed by atoms with van der Waals surface area (Å²) in [6, 6.07) is 8.07. The van der Waals surface area contributed by atoms with E-state index in [2.05, 4.69) is 0 Å². The standard InChI is InChI=1S/C14H18N2O3S2/c1-19-8-7-16(13-6-9-20-11-13)21(17,18)14-4-2-12(10-15)3-5-14/h2-5,13H,6-9,11H2,1H3/t13-/m0/s1. The van der Waals surface area contributed by atoms with Gasteiger partial charge < -0.3 is 4.74 Å². The lowest BCUT2D eigenvalue weighted by Crippen LogP contribution is -2.42. The third-order valence-electron chi connectivity index (χ3n) is 3.42. The van der Waals surface area contributed by atoms with Crippen LogP contribution in [0.2, 0.25) is 0 Å². The van der Waals surface area contributed by atoms with Crippen molar-refractivity contribution in [3.63, 3.8) is 0 Å². The SMILES string of the molecule is COCCN([C@H]1CCSC1)S(=O)(=O)c1ccc(C#N)cc1. The predicted octanol–water partition coefficient (Wildman–Crippen LogP) is 1.70. The van der Waals surface area contributed by atoms with Gasteiger partial charge in [-0.15, -0.1) is 0 Å². The Labute approximate surface area is 129 Å². The average molecular weight is 326 g/mol. The molecule has 2 rings (SSSR count). The highest BCUT2D eigenvalue weighted by atomic mass is 32.2. The molecule has 0 unspecified atom stereocenters. The lowest BCUT2D eigenvalue weighted by atomic mass is 10.2. The van der Waals surface area contributed by atoms with Gasteiger partial charge in [0.2, 0.25) is 10.0 Å². The molecule has 0 aromatic heterocycles. The van der Waals surface area contributed by atoms with Gasteiger partial charge in [0, 0.05) is 25.4 Å². The summed E-state index contributed by atoms with van der Waals surface area (Å²) >= 11 is 1.77. The molecule has 1 aromatic rings. The van der Waals surface area contributed by atoms with Gasteiger partial charge in [0.15, 0.2) is 0 Å². The largest absolute Gasteiger partial charge is 0.383 e. The minimum Gasteiger partial charge on any atom is -0.383 e. The van der Waals surface area contributed by atoms with E-state index in [1.165, 1.54) is 28.6 Å². The van der Waals surface area contributed by atoms with Gasteiger partial charge in [0.05, 0.1) is 23.1 Å². The number of nitrogens with zero attached hydrogens (tertiary/aromatic N) is 2. The molecule has 1 fully saturated rings. The number of benzene rings is 1. The van der Waals surface area contributed by atoms with Crippen LogP contribution in [0.4, 0.5) is 0 Å². The first kappa shape index (κ1) is 16.3. The zero-order valence-electron chi connectivity index (χ0n) is 11.9. The van der Waals surface area contributed by atoms with Crippen LogP contribution in [-0.2, 0) is 14.8 Å². The van der Waals surface area contributed by atoms with Crippen molar-refractivity contribution in [1.82, 2.24) is 4.31 Å². The Morgan fingerprint density at radius 3 is 2.67 bits per heavy atom. The molecule has 1 atom stereocenters. The van der Waals surface area contributed by atoms with E-state index in [0.29, 0.717) is 18.7 Å². The van der Waals surface area contributed by atoms with Crippen molar-refractivity contribution in [2.45, 2.75) is 17.4 Å². The Morgan fingerprint density at radius 1 is 1.43 bits per heavy atom. The van der Waals surface area contributed by atoms with Crippen LogP contribution in [0.5, 0.6) is 0 Å². The maximum Gasteiger partial charge on any atom is 0.243 e. The molecule has 1 saturated heterocycles. The number of methoxy groups -OCH3 is 1. The maximum absolute atomic E-state index is 12.8. The van der Waals surface area contributed by atoms with Crippen LogP contribution < -0.4 is 0 Å². The minimum absolute atomic E-state index is 0.0193. The second-order valence-electron chi connectivity index (χ2n) is 4.76. The molecule has 0 spiro atoms. The van der Waals surface area contributed by atoms with E-state index in [1.54, 1.807) is 18.9 Å². The Hall–Kier alpha value is -1.07. The van der Waals surface area contributed by atoms with E-state index in [4.69, 9.17) is 10.00 Å². The monoisotopic (exact) mass is 326 g/mol. The highest BCUT2D eigenvalue weighted by Gasteiger charge is 2.33. The quantitative estimate of drug-likeness (QED) is 0.796. The van der Waals surface area contributed by atoms with Crippen LogP contribution in [0.15, 0.2) is 29.2 Å². The molecule has 5 nitrogen and oxygen atoms in total. The van der Waals surface area contributed by atoms with Gasteiger partial charge in [-0.05, 0) is 36.4 Å². The third-order valence-corrected chi connectivity index (χ3v) is 6.53. The fourth-order valence-corrected chi connectivity index (χ4v) is 5.22. The van der Waals surface area contributed by atoms with Crippen molar-refractivity contribution in [3.05, 3.63) is 29.8 Å². The fraction of sp³-hybridized carbons (Fsp3) is 0.500. The molecule has 21 heavy (non-hydrogen) atoms. The summed E-state index contributed by atoms with van der Waals surface area (Å²) in [6.45, 7) is 0.723. The first-order valence-electron chi connectivity index (χ1n) is 6.68. The van der Waals surface area contributed by atoms with E-state index in [0.717, 1.165) is 17.9 Å². The molecule has 7 heteroatoms. The molecule has 1 aliphatic rings. The van der Waals surface area contributed by atoms with Crippen LogP contribution in [0.3, 0.4) is 0 Å². The zero-order chi connectivity index (χ0) is 15.3. The Bertz CT molecular complexity index is 602. The Kier molecular flexibility index (Phi) is 5.65. The fourth-order valence-electron chi connectivity index (χ4n) is 2.27. The topological polar surface area (TPSA) is 70.4 Å². The Morgan fingerprint density at radius 2 is 2.14 bits per heavy atom. The summed E-state index contributed by atoms with van der Waals surface area (Å²) in [4.78, 5) is 0.231.